The molecule has 1 aliphatic heterocycles. The number of hydrogen-bond donors (Lipinski definition) is 1. The molecule has 1 saturated heterocycles. The molecule has 0 saturated carbocycles. The van der Waals surface area contributed by atoms with Gasteiger partial charge >= 0.3 is 0 Å². The third-order valence-corrected chi connectivity index (χ3v) is 4.57. The van der Waals surface area contributed by atoms with Gasteiger partial charge in [0.1, 0.15) is 5.75 Å². The first-order valence-electron chi connectivity index (χ1n) is 7.47. The minimum Gasteiger partial charge on any atom is -0.497 e. The molecular formula is C17H27NO2. The lowest BCUT2D eigenvalue weighted by molar-refractivity contribution is -0.0447. The zero-order chi connectivity index (χ0) is 14.8. The molecule has 0 aliphatic carbocycles. The van der Waals surface area contributed by atoms with Crippen LogP contribution in [-0.2, 0) is 6.42 Å². The van der Waals surface area contributed by atoms with Gasteiger partial charge in [-0.15, -0.1) is 0 Å². The SMILES string of the molecule is COc1ccc(CC2C(C(C)(C)O)CCCN2C)cc1. The fraction of sp³-hybridized carbons (Fsp3) is 0.647. The summed E-state index contributed by atoms with van der Waals surface area (Å²) >= 11 is 0. The molecule has 20 heavy (non-hydrogen) atoms. The van der Waals surface area contributed by atoms with Crippen LogP contribution >= 0.6 is 0 Å². The van der Waals surface area contributed by atoms with Crippen molar-refractivity contribution in [2.75, 3.05) is 20.7 Å². The second kappa shape index (κ2) is 6.15. The van der Waals surface area contributed by atoms with Gasteiger partial charge < -0.3 is 14.7 Å². The van der Waals surface area contributed by atoms with Crippen molar-refractivity contribution in [1.29, 1.82) is 0 Å². The summed E-state index contributed by atoms with van der Waals surface area (Å²) in [4.78, 5) is 2.40. The van der Waals surface area contributed by atoms with Crippen molar-refractivity contribution in [3.8, 4) is 5.75 Å². The number of likely N-dealkylation sites (tertiary alicyclic amines) is 1. The van der Waals surface area contributed by atoms with E-state index in [0.29, 0.717) is 12.0 Å². The molecule has 2 rings (SSSR count). The van der Waals surface area contributed by atoms with Gasteiger partial charge in [0.25, 0.3) is 0 Å². The summed E-state index contributed by atoms with van der Waals surface area (Å²) < 4.78 is 5.21. The molecule has 0 radical (unpaired) electrons. The van der Waals surface area contributed by atoms with Crippen molar-refractivity contribution >= 4 is 0 Å². The summed E-state index contributed by atoms with van der Waals surface area (Å²) in [6.07, 6.45) is 3.26. The lowest BCUT2D eigenvalue weighted by atomic mass is 9.76. The van der Waals surface area contributed by atoms with Crippen molar-refractivity contribution in [1.82, 2.24) is 4.90 Å². The van der Waals surface area contributed by atoms with Gasteiger partial charge in [-0.05, 0) is 64.4 Å². The third-order valence-electron chi connectivity index (χ3n) is 4.57. The number of benzene rings is 1. The van der Waals surface area contributed by atoms with Crippen molar-refractivity contribution in [3.63, 3.8) is 0 Å². The summed E-state index contributed by atoms with van der Waals surface area (Å²) in [5, 5.41) is 10.4. The predicted molar refractivity (Wildman–Crippen MR) is 82.1 cm³/mol. The second-order valence-corrected chi connectivity index (χ2v) is 6.50. The monoisotopic (exact) mass is 277 g/mol. The maximum Gasteiger partial charge on any atom is 0.118 e. The van der Waals surface area contributed by atoms with Crippen LogP contribution in [0, 0.1) is 5.92 Å². The number of rotatable bonds is 4. The summed E-state index contributed by atoms with van der Waals surface area (Å²) in [5.41, 5.74) is 0.685. The summed E-state index contributed by atoms with van der Waals surface area (Å²) in [5.74, 6) is 1.22. The Morgan fingerprint density at radius 3 is 2.50 bits per heavy atom. The molecule has 3 heteroatoms. The van der Waals surface area contributed by atoms with Crippen LogP contribution in [-0.4, -0.2) is 42.4 Å². The van der Waals surface area contributed by atoms with Crippen LogP contribution in [0.3, 0.4) is 0 Å². The molecule has 3 nitrogen and oxygen atoms in total. The molecule has 0 spiro atoms. The fourth-order valence-corrected chi connectivity index (χ4v) is 3.35. The van der Waals surface area contributed by atoms with Crippen LogP contribution in [0.15, 0.2) is 24.3 Å². The Morgan fingerprint density at radius 1 is 1.30 bits per heavy atom. The quantitative estimate of drug-likeness (QED) is 0.918. The molecule has 0 bridgehead atoms. The maximum absolute atomic E-state index is 10.4. The molecule has 1 aromatic carbocycles. The summed E-state index contributed by atoms with van der Waals surface area (Å²) in [6.45, 7) is 5.00. The Bertz CT molecular complexity index is 422. The maximum atomic E-state index is 10.4. The van der Waals surface area contributed by atoms with E-state index in [4.69, 9.17) is 4.74 Å². The van der Waals surface area contributed by atoms with Crippen LogP contribution in [0.5, 0.6) is 5.75 Å². The van der Waals surface area contributed by atoms with Crippen molar-refractivity contribution < 1.29 is 9.84 Å². The predicted octanol–water partition coefficient (Wildman–Crippen LogP) is 2.72. The minimum absolute atomic E-state index is 0.323. The first-order chi connectivity index (χ1) is 9.41. The highest BCUT2D eigenvalue weighted by molar-refractivity contribution is 5.28. The van der Waals surface area contributed by atoms with Gasteiger partial charge in [0.15, 0.2) is 0 Å². The molecule has 1 aliphatic rings. The summed E-state index contributed by atoms with van der Waals surface area (Å²) in [7, 11) is 3.86. The topological polar surface area (TPSA) is 32.7 Å². The van der Waals surface area contributed by atoms with Gasteiger partial charge in [-0.1, -0.05) is 12.1 Å². The van der Waals surface area contributed by atoms with Crippen molar-refractivity contribution in [3.05, 3.63) is 29.8 Å². The number of piperidine rings is 1. The van der Waals surface area contributed by atoms with E-state index in [1.54, 1.807) is 7.11 Å². The van der Waals surface area contributed by atoms with Gasteiger partial charge in [-0.3, -0.25) is 0 Å². The fourth-order valence-electron chi connectivity index (χ4n) is 3.35. The standard InChI is InChI=1S/C17H27NO2/c1-17(2,19)15-6-5-11-18(3)16(15)12-13-7-9-14(20-4)10-8-13/h7-10,15-16,19H,5-6,11-12H2,1-4H3. The average Bonchev–Trinajstić information content (AvgIpc) is 2.40. The number of aliphatic hydroxyl groups is 1. The number of hydrogen-bond acceptors (Lipinski definition) is 3. The van der Waals surface area contributed by atoms with E-state index in [2.05, 4.69) is 24.1 Å². The molecule has 1 N–H and O–H groups in total. The van der Waals surface area contributed by atoms with Crippen LogP contribution in [0.4, 0.5) is 0 Å². The third kappa shape index (κ3) is 3.53. The van der Waals surface area contributed by atoms with E-state index in [1.165, 1.54) is 12.0 Å². The van der Waals surface area contributed by atoms with Gasteiger partial charge in [0.05, 0.1) is 12.7 Å². The van der Waals surface area contributed by atoms with Crippen LogP contribution in [0.2, 0.25) is 0 Å². The molecule has 0 amide bonds. The Kier molecular flexibility index (Phi) is 4.71. The molecule has 2 unspecified atom stereocenters. The van der Waals surface area contributed by atoms with Crippen molar-refractivity contribution in [2.45, 2.75) is 44.8 Å². The molecule has 1 heterocycles. The van der Waals surface area contributed by atoms with Gasteiger partial charge in [0, 0.05) is 12.0 Å². The van der Waals surface area contributed by atoms with E-state index in [9.17, 15) is 5.11 Å². The minimum atomic E-state index is -0.619. The zero-order valence-electron chi connectivity index (χ0n) is 13.1. The summed E-state index contributed by atoms with van der Waals surface area (Å²) in [6, 6.07) is 8.68. The zero-order valence-corrected chi connectivity index (χ0v) is 13.1. The molecule has 0 aromatic heterocycles. The molecule has 112 valence electrons. The molecule has 2 atom stereocenters. The molecular weight excluding hydrogens is 250 g/mol. The highest BCUT2D eigenvalue weighted by atomic mass is 16.5. The van der Waals surface area contributed by atoms with E-state index in [0.717, 1.165) is 25.1 Å². The van der Waals surface area contributed by atoms with Crippen LogP contribution in [0.25, 0.3) is 0 Å². The van der Waals surface area contributed by atoms with Crippen LogP contribution in [0.1, 0.15) is 32.3 Å². The lowest BCUT2D eigenvalue weighted by Crippen LogP contribution is -2.51. The highest BCUT2D eigenvalue weighted by Crippen LogP contribution is 2.33. The number of nitrogens with zero attached hydrogens (tertiary/aromatic N) is 1. The van der Waals surface area contributed by atoms with E-state index in [1.807, 2.05) is 26.0 Å². The van der Waals surface area contributed by atoms with Crippen molar-refractivity contribution in [2.24, 2.45) is 5.92 Å². The van der Waals surface area contributed by atoms with E-state index in [-0.39, 0.29) is 0 Å². The number of methoxy groups -OCH3 is 1. The Morgan fingerprint density at radius 2 is 1.95 bits per heavy atom. The van der Waals surface area contributed by atoms with E-state index >= 15 is 0 Å². The largest absolute Gasteiger partial charge is 0.497 e. The first kappa shape index (κ1) is 15.3. The van der Waals surface area contributed by atoms with Gasteiger partial charge in [-0.2, -0.15) is 0 Å². The highest BCUT2D eigenvalue weighted by Gasteiger charge is 2.38. The smallest absolute Gasteiger partial charge is 0.118 e. The average molecular weight is 277 g/mol. The normalized spacial score (nSPS) is 24.6. The van der Waals surface area contributed by atoms with E-state index < -0.39 is 5.60 Å². The Balaban J connectivity index is 2.14. The first-order valence-corrected chi connectivity index (χ1v) is 7.47. The van der Waals surface area contributed by atoms with Gasteiger partial charge in [-0.25, -0.2) is 0 Å². The lowest BCUT2D eigenvalue weighted by Gasteiger charge is -2.44. The second-order valence-electron chi connectivity index (χ2n) is 6.50. The molecule has 1 aromatic rings. The number of ether oxygens (including phenoxy) is 1. The van der Waals surface area contributed by atoms with Crippen LogP contribution < -0.4 is 4.74 Å². The number of likely N-dealkylation sites (N-methyl/N-ethyl adjacent to an activating group) is 1. The Hall–Kier alpha value is -1.06. The van der Waals surface area contributed by atoms with Gasteiger partial charge in [0.2, 0.25) is 0 Å². The Labute approximate surface area is 122 Å². The molecule has 1 fully saturated rings.